The van der Waals surface area contributed by atoms with Crippen LogP contribution < -0.4 is 10.5 Å². The molecule has 1 aromatic rings. The van der Waals surface area contributed by atoms with Gasteiger partial charge < -0.3 is 10.5 Å². The molecule has 0 aliphatic carbocycles. The van der Waals surface area contributed by atoms with Crippen molar-refractivity contribution in [2.75, 3.05) is 7.11 Å². The van der Waals surface area contributed by atoms with Crippen molar-refractivity contribution in [3.63, 3.8) is 0 Å². The Balaban J connectivity index is 3.11. The van der Waals surface area contributed by atoms with Gasteiger partial charge in [0.05, 0.1) is 12.0 Å². The van der Waals surface area contributed by atoms with E-state index in [1.807, 2.05) is 0 Å². The minimum absolute atomic E-state index is 0.0978. The maximum absolute atomic E-state index is 12.2. The molecule has 0 amide bonds. The molecule has 0 bridgehead atoms. The molecule has 0 atom stereocenters. The fourth-order valence-corrected chi connectivity index (χ4v) is 2.24. The summed E-state index contributed by atoms with van der Waals surface area (Å²) in [7, 11) is -2.45. The van der Waals surface area contributed by atoms with Crippen molar-refractivity contribution in [3.05, 3.63) is 54.2 Å². The van der Waals surface area contributed by atoms with Crippen LogP contribution in [0.25, 0.3) is 0 Å². The van der Waals surface area contributed by atoms with E-state index in [-0.39, 0.29) is 16.6 Å². The third kappa shape index (κ3) is 4.43. The predicted molar refractivity (Wildman–Crippen MR) is 78.3 cm³/mol. The van der Waals surface area contributed by atoms with Crippen molar-refractivity contribution in [2.45, 2.75) is 11.8 Å². The molecule has 0 saturated carbocycles. The third-order valence-electron chi connectivity index (χ3n) is 2.15. The van der Waals surface area contributed by atoms with E-state index in [0.29, 0.717) is 5.57 Å². The minimum atomic E-state index is -3.77. The Bertz CT molecular complexity index is 634. The molecule has 1 aromatic carbocycles. The average Bonchev–Trinajstić information content (AvgIpc) is 2.43. The number of rotatable bonds is 6. The highest BCUT2D eigenvalue weighted by Crippen LogP contribution is 2.10. The monoisotopic (exact) mass is 295 g/mol. The van der Waals surface area contributed by atoms with Crippen LogP contribution in [0.2, 0.25) is 0 Å². The van der Waals surface area contributed by atoms with Crippen LogP contribution in [0.4, 0.5) is 0 Å². The summed E-state index contributed by atoms with van der Waals surface area (Å²) in [6.45, 7) is 5.35. The molecule has 0 unspecified atom stereocenters. The van der Waals surface area contributed by atoms with Crippen molar-refractivity contribution >= 4 is 16.2 Å². The zero-order valence-corrected chi connectivity index (χ0v) is 12.1. The van der Waals surface area contributed by atoms with E-state index in [1.165, 1.54) is 25.5 Å². The van der Waals surface area contributed by atoms with Crippen LogP contribution in [-0.4, -0.2) is 21.7 Å². The van der Waals surface area contributed by atoms with Gasteiger partial charge in [0.2, 0.25) is 11.7 Å². The van der Waals surface area contributed by atoms with Crippen LogP contribution in [-0.2, 0) is 14.8 Å². The van der Waals surface area contributed by atoms with Gasteiger partial charge in [0.25, 0.3) is 10.0 Å². The topological polar surface area (TPSA) is 93.8 Å². The highest BCUT2D eigenvalue weighted by molar-refractivity contribution is 7.89. The summed E-state index contributed by atoms with van der Waals surface area (Å²) in [5, 5.41) is 0. The molecule has 6 nitrogen and oxygen atoms in total. The summed E-state index contributed by atoms with van der Waals surface area (Å²) < 4.78 is 31.4. The highest BCUT2D eigenvalue weighted by Gasteiger charge is 2.16. The molecule has 0 heterocycles. The zero-order valence-electron chi connectivity index (χ0n) is 11.3. The molecule has 0 aliphatic heterocycles. The second kappa shape index (κ2) is 6.76. The molecular weight excluding hydrogens is 278 g/mol. The molecule has 0 aromatic heterocycles. The maximum Gasteiger partial charge on any atom is 0.263 e. The fraction of sp³-hybridized carbons (Fsp3) is 0.154. The Labute approximate surface area is 118 Å². The number of ether oxygens (including phenoxy) is 1. The van der Waals surface area contributed by atoms with Gasteiger partial charge in [-0.3, -0.25) is 4.72 Å². The summed E-state index contributed by atoms with van der Waals surface area (Å²) in [5.74, 6) is -0.235. The number of benzene rings is 1. The highest BCUT2D eigenvalue weighted by atomic mass is 32.2. The number of nitrogens with zero attached hydrogens (tertiary/aromatic N) is 1. The van der Waals surface area contributed by atoms with E-state index < -0.39 is 10.0 Å². The lowest BCUT2D eigenvalue weighted by Gasteiger charge is -2.10. The summed E-state index contributed by atoms with van der Waals surface area (Å²) in [4.78, 5) is 4.02. The first-order valence-electron chi connectivity index (χ1n) is 5.68. The number of hydrogen-bond acceptors (Lipinski definition) is 5. The molecular formula is C13H17N3O3S. The van der Waals surface area contributed by atoms with Gasteiger partial charge in [-0.15, -0.1) is 0 Å². The van der Waals surface area contributed by atoms with Crippen LogP contribution in [0.5, 0.6) is 0 Å². The van der Waals surface area contributed by atoms with Gasteiger partial charge in [-0.2, -0.15) is 0 Å². The normalized spacial score (nSPS) is 12.9. The lowest BCUT2D eigenvalue weighted by atomic mass is 10.4. The quantitative estimate of drug-likeness (QED) is 0.612. The number of methoxy groups -OCH3 is 1. The summed E-state index contributed by atoms with van der Waals surface area (Å²) in [5.41, 5.74) is 6.22. The molecule has 108 valence electrons. The van der Waals surface area contributed by atoms with E-state index in [1.54, 1.807) is 25.1 Å². The second-order valence-corrected chi connectivity index (χ2v) is 5.62. The molecule has 3 N–H and O–H groups in total. The van der Waals surface area contributed by atoms with Gasteiger partial charge in [-0.1, -0.05) is 24.8 Å². The Morgan fingerprint density at radius 2 is 2.00 bits per heavy atom. The van der Waals surface area contributed by atoms with Crippen LogP contribution in [0.3, 0.4) is 0 Å². The maximum atomic E-state index is 12.2. The smallest absolute Gasteiger partial charge is 0.263 e. The van der Waals surface area contributed by atoms with Crippen molar-refractivity contribution < 1.29 is 13.2 Å². The Morgan fingerprint density at radius 3 is 2.50 bits per heavy atom. The number of allylic oxidation sites excluding steroid dienone is 1. The van der Waals surface area contributed by atoms with Gasteiger partial charge in [-0.05, 0) is 24.6 Å². The standard InChI is InChI=1S/C13H17N3O3S/c1-10(2)9-15-13(12(14)19-3)16-20(17,18)11-7-5-4-6-8-11/h4-9,16H,1,14H2,2-3H3/b13-12-,15-9?. The lowest BCUT2D eigenvalue weighted by molar-refractivity contribution is 0.280. The molecule has 0 aliphatic rings. The van der Waals surface area contributed by atoms with E-state index in [9.17, 15) is 8.42 Å². The van der Waals surface area contributed by atoms with Crippen LogP contribution in [0.15, 0.2) is 64.1 Å². The largest absolute Gasteiger partial charge is 0.480 e. The molecule has 7 heteroatoms. The van der Waals surface area contributed by atoms with Crippen LogP contribution >= 0.6 is 0 Å². The minimum Gasteiger partial charge on any atom is -0.480 e. The van der Waals surface area contributed by atoms with Crippen molar-refractivity contribution in [1.82, 2.24) is 4.72 Å². The lowest BCUT2D eigenvalue weighted by Crippen LogP contribution is -2.25. The molecule has 20 heavy (non-hydrogen) atoms. The predicted octanol–water partition coefficient (Wildman–Crippen LogP) is 1.34. The summed E-state index contributed by atoms with van der Waals surface area (Å²) in [6.07, 6.45) is 1.38. The zero-order chi connectivity index (χ0) is 15.2. The van der Waals surface area contributed by atoms with Crippen molar-refractivity contribution in [2.24, 2.45) is 10.7 Å². The van der Waals surface area contributed by atoms with Crippen LogP contribution in [0, 0.1) is 0 Å². The Hall–Kier alpha value is -2.28. The summed E-state index contributed by atoms with van der Waals surface area (Å²) in [6, 6.07) is 7.89. The first kappa shape index (κ1) is 15.8. The van der Waals surface area contributed by atoms with E-state index >= 15 is 0 Å². The first-order chi connectivity index (χ1) is 9.36. The van der Waals surface area contributed by atoms with Gasteiger partial charge in [0.15, 0.2) is 0 Å². The van der Waals surface area contributed by atoms with Crippen LogP contribution in [0.1, 0.15) is 6.92 Å². The van der Waals surface area contributed by atoms with E-state index in [2.05, 4.69) is 16.3 Å². The van der Waals surface area contributed by atoms with E-state index in [4.69, 9.17) is 10.5 Å². The number of sulfonamides is 1. The van der Waals surface area contributed by atoms with Gasteiger partial charge in [-0.25, -0.2) is 13.4 Å². The third-order valence-corrected chi connectivity index (χ3v) is 3.51. The van der Waals surface area contributed by atoms with Crippen molar-refractivity contribution in [3.8, 4) is 0 Å². The second-order valence-electron chi connectivity index (χ2n) is 3.94. The fourth-order valence-electron chi connectivity index (χ4n) is 1.20. The number of nitrogens with two attached hydrogens (primary N) is 1. The number of hydrogen-bond donors (Lipinski definition) is 2. The molecule has 0 spiro atoms. The Kier molecular flexibility index (Phi) is 5.33. The molecule has 0 saturated heterocycles. The number of nitrogens with one attached hydrogen (secondary N) is 1. The van der Waals surface area contributed by atoms with Gasteiger partial charge >= 0.3 is 0 Å². The SMILES string of the molecule is C=C(C)C=N/C(NS(=O)(=O)c1ccccc1)=C(\N)OC. The van der Waals surface area contributed by atoms with Crippen molar-refractivity contribution in [1.29, 1.82) is 0 Å². The molecule has 0 fully saturated rings. The summed E-state index contributed by atoms with van der Waals surface area (Å²) >= 11 is 0. The van der Waals surface area contributed by atoms with Gasteiger partial charge in [0.1, 0.15) is 0 Å². The van der Waals surface area contributed by atoms with Gasteiger partial charge in [0, 0.05) is 6.21 Å². The average molecular weight is 295 g/mol. The Morgan fingerprint density at radius 1 is 1.40 bits per heavy atom. The molecule has 0 radical (unpaired) electrons. The first-order valence-corrected chi connectivity index (χ1v) is 7.16. The molecule has 1 rings (SSSR count). The van der Waals surface area contributed by atoms with E-state index in [0.717, 1.165) is 0 Å². The number of aliphatic imine (C=N–C) groups is 1.